The van der Waals surface area contributed by atoms with Crippen LogP contribution in [0.3, 0.4) is 0 Å². The Kier molecular flexibility index (Phi) is 6.84. The topological polar surface area (TPSA) is 73.3 Å². The quantitative estimate of drug-likeness (QED) is 0.460. The number of fused-ring (bicyclic) bond motifs is 1. The van der Waals surface area contributed by atoms with Crippen LogP contribution in [-0.2, 0) is 28.8 Å². The molecule has 1 N–H and O–H groups in total. The van der Waals surface area contributed by atoms with Crippen molar-refractivity contribution in [2.24, 2.45) is 0 Å². The number of ether oxygens (including phenoxy) is 2. The zero-order valence-electron chi connectivity index (χ0n) is 19.3. The lowest BCUT2D eigenvalue weighted by atomic mass is 10.1. The number of aromatic nitrogens is 2. The maximum atomic E-state index is 11.8. The summed E-state index contributed by atoms with van der Waals surface area (Å²) in [5, 5.41) is 4.12. The number of methoxy groups -OCH3 is 1. The zero-order valence-corrected chi connectivity index (χ0v) is 20.1. The molecule has 0 amide bonds. The molecule has 1 aliphatic rings. The number of esters is 1. The Balaban J connectivity index is 1.75. The second kappa shape index (κ2) is 9.79. The van der Waals surface area contributed by atoms with Crippen LogP contribution in [0.2, 0.25) is 5.02 Å². The molecule has 0 unspecified atom stereocenters. The van der Waals surface area contributed by atoms with E-state index in [0.29, 0.717) is 35.9 Å². The molecule has 2 atom stereocenters. The Bertz CT molecular complexity index is 1180. The summed E-state index contributed by atoms with van der Waals surface area (Å²) in [4.78, 5) is 21.7. The maximum Gasteiger partial charge on any atom is 0.302 e. The van der Waals surface area contributed by atoms with Crippen molar-refractivity contribution >= 4 is 23.4 Å². The molecule has 1 aliphatic carbocycles. The second-order valence-corrected chi connectivity index (χ2v) is 8.45. The predicted molar refractivity (Wildman–Crippen MR) is 130 cm³/mol. The number of carbonyl (C=O) groups excluding carboxylic acids is 1. The lowest BCUT2D eigenvalue weighted by Gasteiger charge is -2.24. The summed E-state index contributed by atoms with van der Waals surface area (Å²) in [5.41, 5.74) is 5.57. The van der Waals surface area contributed by atoms with Gasteiger partial charge in [0.1, 0.15) is 17.7 Å². The van der Waals surface area contributed by atoms with Gasteiger partial charge >= 0.3 is 5.97 Å². The normalized spacial score (nSPS) is 16.9. The van der Waals surface area contributed by atoms with Crippen molar-refractivity contribution in [3.8, 4) is 17.0 Å². The van der Waals surface area contributed by atoms with Crippen LogP contribution in [0.25, 0.3) is 11.3 Å². The molecule has 2 aromatic carbocycles. The first-order chi connectivity index (χ1) is 15.9. The van der Waals surface area contributed by atoms with Crippen molar-refractivity contribution in [3.63, 3.8) is 0 Å². The first kappa shape index (κ1) is 23.1. The summed E-state index contributed by atoms with van der Waals surface area (Å²) in [6.45, 7) is 5.54. The highest BCUT2D eigenvalue weighted by Gasteiger charge is 2.35. The van der Waals surface area contributed by atoms with Crippen molar-refractivity contribution in [3.05, 3.63) is 70.0 Å². The predicted octanol–water partition coefficient (Wildman–Crippen LogP) is 5.57. The number of nitrogens with one attached hydrogen (secondary N) is 1. The van der Waals surface area contributed by atoms with E-state index < -0.39 is 0 Å². The molecule has 0 saturated heterocycles. The van der Waals surface area contributed by atoms with Gasteiger partial charge in [-0.3, -0.25) is 4.79 Å². The summed E-state index contributed by atoms with van der Waals surface area (Å²) in [6.07, 6.45) is 1.75. The second-order valence-electron chi connectivity index (χ2n) is 8.04. The highest BCUT2D eigenvalue weighted by Crippen LogP contribution is 2.38. The van der Waals surface area contributed by atoms with Gasteiger partial charge in [-0.25, -0.2) is 9.97 Å². The van der Waals surface area contributed by atoms with Gasteiger partial charge < -0.3 is 14.8 Å². The number of anilines is 1. The number of hydrogen-bond acceptors (Lipinski definition) is 6. The van der Waals surface area contributed by atoms with Crippen molar-refractivity contribution in [2.75, 3.05) is 12.4 Å². The van der Waals surface area contributed by atoms with Crippen LogP contribution in [0.4, 0.5) is 5.82 Å². The molecule has 4 rings (SSSR count). The van der Waals surface area contributed by atoms with Crippen LogP contribution in [0, 0.1) is 0 Å². The van der Waals surface area contributed by atoms with Gasteiger partial charge in [0, 0.05) is 18.9 Å². The lowest BCUT2D eigenvalue weighted by molar-refractivity contribution is -0.146. The highest BCUT2D eigenvalue weighted by molar-refractivity contribution is 6.33. The molecular formula is C26H28ClN3O3. The summed E-state index contributed by atoms with van der Waals surface area (Å²) in [7, 11) is 1.61. The fourth-order valence-electron chi connectivity index (χ4n) is 4.34. The fraction of sp³-hybridized carbons (Fsp3) is 0.346. The van der Waals surface area contributed by atoms with E-state index in [0.717, 1.165) is 28.2 Å². The summed E-state index contributed by atoms with van der Waals surface area (Å²) >= 11 is 6.56. The molecular weight excluding hydrogens is 438 g/mol. The molecule has 0 aliphatic heterocycles. The minimum absolute atomic E-state index is 0.190. The average molecular weight is 466 g/mol. The molecule has 0 radical (unpaired) electrons. The van der Waals surface area contributed by atoms with E-state index in [1.54, 1.807) is 13.2 Å². The van der Waals surface area contributed by atoms with E-state index in [1.165, 1.54) is 12.5 Å². The molecule has 1 aromatic heterocycles. The molecule has 33 heavy (non-hydrogen) atoms. The standard InChI is InChI=1S/C26H28ClN3O3/c1-5-21-24(19-12-11-17(32-4)14-20(19)27)28-22(6-2)26(29-21)30-25-18-10-8-7-9-16(18)13-23(25)33-15(3)31/h7-12,14,23,25H,5-6,13H2,1-4H3,(H,29,30)/t23-,25-/m0/s1. The number of aryl methyl sites for hydroxylation is 2. The third-order valence-corrected chi connectivity index (χ3v) is 6.25. The molecule has 6 nitrogen and oxygen atoms in total. The number of nitrogens with zero attached hydrogens (tertiary/aromatic N) is 2. The molecule has 0 saturated carbocycles. The van der Waals surface area contributed by atoms with E-state index in [4.69, 9.17) is 31.0 Å². The van der Waals surface area contributed by atoms with Crippen LogP contribution in [-0.4, -0.2) is 29.2 Å². The number of rotatable bonds is 7. The van der Waals surface area contributed by atoms with Crippen LogP contribution in [0.15, 0.2) is 42.5 Å². The van der Waals surface area contributed by atoms with Crippen molar-refractivity contribution in [1.82, 2.24) is 9.97 Å². The molecule has 1 heterocycles. The summed E-state index contributed by atoms with van der Waals surface area (Å²) < 4.78 is 10.9. The highest BCUT2D eigenvalue weighted by atomic mass is 35.5. The Morgan fingerprint density at radius 1 is 1.12 bits per heavy atom. The van der Waals surface area contributed by atoms with Gasteiger partial charge in [-0.1, -0.05) is 49.7 Å². The summed E-state index contributed by atoms with van der Waals surface area (Å²) in [6, 6.07) is 13.5. The number of hydrogen-bond donors (Lipinski definition) is 1. The van der Waals surface area contributed by atoms with Crippen molar-refractivity contribution in [2.45, 2.75) is 52.2 Å². The molecule has 0 spiro atoms. The molecule has 3 aromatic rings. The van der Waals surface area contributed by atoms with Gasteiger partial charge in [0.05, 0.1) is 35.3 Å². The number of halogens is 1. The molecule has 7 heteroatoms. The maximum absolute atomic E-state index is 11.8. The number of carbonyl (C=O) groups is 1. The Morgan fingerprint density at radius 3 is 2.55 bits per heavy atom. The van der Waals surface area contributed by atoms with Crippen LogP contribution in [0.5, 0.6) is 5.75 Å². The third-order valence-electron chi connectivity index (χ3n) is 5.93. The Labute approximate surface area is 199 Å². The first-order valence-electron chi connectivity index (χ1n) is 11.2. The third kappa shape index (κ3) is 4.67. The average Bonchev–Trinajstić information content (AvgIpc) is 3.15. The van der Waals surface area contributed by atoms with Crippen LogP contribution >= 0.6 is 11.6 Å². The van der Waals surface area contributed by atoms with E-state index in [9.17, 15) is 4.79 Å². The van der Waals surface area contributed by atoms with Gasteiger partial charge in [-0.2, -0.15) is 0 Å². The van der Waals surface area contributed by atoms with Crippen molar-refractivity contribution in [1.29, 1.82) is 0 Å². The van der Waals surface area contributed by atoms with Gasteiger partial charge in [-0.05, 0) is 42.2 Å². The molecule has 172 valence electrons. The Morgan fingerprint density at radius 2 is 1.88 bits per heavy atom. The minimum atomic E-state index is -0.299. The van der Waals surface area contributed by atoms with Crippen LogP contribution in [0.1, 0.15) is 49.3 Å². The fourth-order valence-corrected chi connectivity index (χ4v) is 4.60. The molecule has 0 bridgehead atoms. The van der Waals surface area contributed by atoms with Gasteiger partial charge in [0.15, 0.2) is 0 Å². The zero-order chi connectivity index (χ0) is 23.5. The van der Waals surface area contributed by atoms with E-state index in [1.807, 2.05) is 38.1 Å². The van der Waals surface area contributed by atoms with Gasteiger partial charge in [0.25, 0.3) is 0 Å². The lowest BCUT2D eigenvalue weighted by Crippen LogP contribution is -2.27. The summed E-state index contributed by atoms with van der Waals surface area (Å²) in [5.74, 6) is 1.11. The first-order valence-corrected chi connectivity index (χ1v) is 11.6. The monoisotopic (exact) mass is 465 g/mol. The minimum Gasteiger partial charge on any atom is -0.497 e. The van der Waals surface area contributed by atoms with E-state index in [2.05, 4.69) is 17.4 Å². The van der Waals surface area contributed by atoms with Gasteiger partial charge in [-0.15, -0.1) is 0 Å². The smallest absolute Gasteiger partial charge is 0.302 e. The largest absolute Gasteiger partial charge is 0.497 e. The van der Waals surface area contributed by atoms with E-state index in [-0.39, 0.29) is 18.1 Å². The Hall–Kier alpha value is -3.12. The van der Waals surface area contributed by atoms with Crippen LogP contribution < -0.4 is 10.1 Å². The molecule has 0 fully saturated rings. The number of benzene rings is 2. The van der Waals surface area contributed by atoms with Crippen molar-refractivity contribution < 1.29 is 14.3 Å². The van der Waals surface area contributed by atoms with Gasteiger partial charge in [0.2, 0.25) is 0 Å². The SMILES string of the molecule is CCc1nc(-c2ccc(OC)cc2Cl)c(CC)nc1N[C@H]1c2ccccc2C[C@@H]1OC(C)=O. The van der Waals surface area contributed by atoms with E-state index >= 15 is 0 Å².